The summed E-state index contributed by atoms with van der Waals surface area (Å²) in [5.41, 5.74) is 2.32. The van der Waals surface area contributed by atoms with E-state index in [0.717, 1.165) is 5.56 Å². The minimum atomic E-state index is -0.406. The van der Waals surface area contributed by atoms with Gasteiger partial charge in [0.1, 0.15) is 5.75 Å². The van der Waals surface area contributed by atoms with E-state index in [1.165, 1.54) is 7.11 Å². The van der Waals surface area contributed by atoms with Crippen molar-refractivity contribution in [1.29, 1.82) is 0 Å². The lowest BCUT2D eigenvalue weighted by molar-refractivity contribution is 0.0526. The monoisotopic (exact) mass is 424 g/mol. The molecule has 0 atom stereocenters. The molecule has 0 unspecified atom stereocenters. The maximum Gasteiger partial charge on any atom is 0.338 e. The van der Waals surface area contributed by atoms with E-state index >= 15 is 0 Å². The van der Waals surface area contributed by atoms with Gasteiger partial charge in [-0.05, 0) is 61.0 Å². The molecule has 0 bridgehead atoms. The minimum absolute atomic E-state index is 0.243. The van der Waals surface area contributed by atoms with Gasteiger partial charge in [0, 0.05) is 23.6 Å². The van der Waals surface area contributed by atoms with Gasteiger partial charge in [0.25, 0.3) is 5.91 Å². The van der Waals surface area contributed by atoms with Crippen molar-refractivity contribution in [2.45, 2.75) is 13.5 Å². The smallest absolute Gasteiger partial charge is 0.338 e. The second kappa shape index (κ2) is 9.89. The van der Waals surface area contributed by atoms with Crippen LogP contribution in [0.4, 0.5) is 5.69 Å². The maximum atomic E-state index is 13.3. The van der Waals surface area contributed by atoms with E-state index in [9.17, 15) is 9.59 Å². The Bertz CT molecular complexity index is 1020. The quantitative estimate of drug-likeness (QED) is 0.511. The van der Waals surface area contributed by atoms with E-state index in [4.69, 9.17) is 21.1 Å². The van der Waals surface area contributed by atoms with Crippen LogP contribution in [0.5, 0.6) is 5.75 Å². The van der Waals surface area contributed by atoms with Crippen molar-refractivity contribution in [1.82, 2.24) is 4.98 Å². The Morgan fingerprint density at radius 1 is 1.07 bits per heavy atom. The van der Waals surface area contributed by atoms with Gasteiger partial charge < -0.3 is 14.4 Å². The van der Waals surface area contributed by atoms with E-state index < -0.39 is 5.97 Å². The first kappa shape index (κ1) is 21.3. The summed E-state index contributed by atoms with van der Waals surface area (Å²) in [6.45, 7) is 2.35. The Morgan fingerprint density at radius 3 is 2.40 bits per heavy atom. The molecule has 0 aliphatic carbocycles. The van der Waals surface area contributed by atoms with Gasteiger partial charge in [-0.25, -0.2) is 4.79 Å². The fourth-order valence-corrected chi connectivity index (χ4v) is 3.16. The van der Waals surface area contributed by atoms with E-state index in [0.29, 0.717) is 40.7 Å². The van der Waals surface area contributed by atoms with Crippen LogP contribution in [-0.4, -0.2) is 30.6 Å². The van der Waals surface area contributed by atoms with Crippen LogP contribution in [0.15, 0.2) is 67.0 Å². The van der Waals surface area contributed by atoms with Crippen LogP contribution in [0.1, 0.15) is 33.2 Å². The second-order valence-electron chi connectivity index (χ2n) is 6.37. The number of aromatic nitrogens is 1. The Kier molecular flexibility index (Phi) is 7.03. The largest absolute Gasteiger partial charge is 0.495 e. The number of rotatable bonds is 7. The number of benzene rings is 2. The van der Waals surface area contributed by atoms with Crippen LogP contribution in [0.3, 0.4) is 0 Å². The summed E-state index contributed by atoms with van der Waals surface area (Å²) < 4.78 is 10.2. The summed E-state index contributed by atoms with van der Waals surface area (Å²) in [6.07, 6.45) is 3.38. The molecule has 30 heavy (non-hydrogen) atoms. The molecule has 0 saturated heterocycles. The zero-order chi connectivity index (χ0) is 21.5. The van der Waals surface area contributed by atoms with Crippen LogP contribution < -0.4 is 9.64 Å². The molecule has 1 aromatic heterocycles. The van der Waals surface area contributed by atoms with Crippen molar-refractivity contribution in [3.63, 3.8) is 0 Å². The zero-order valence-corrected chi connectivity index (χ0v) is 17.4. The average Bonchev–Trinajstić information content (AvgIpc) is 2.78. The molecule has 0 radical (unpaired) electrons. The topological polar surface area (TPSA) is 68.7 Å². The number of carbonyl (C=O) groups excluding carboxylic acids is 2. The second-order valence-corrected chi connectivity index (χ2v) is 6.78. The van der Waals surface area contributed by atoms with Crippen molar-refractivity contribution >= 4 is 29.2 Å². The summed E-state index contributed by atoms with van der Waals surface area (Å²) in [6, 6.07) is 15.3. The highest BCUT2D eigenvalue weighted by molar-refractivity contribution is 6.32. The molecule has 0 N–H and O–H groups in total. The number of esters is 1. The van der Waals surface area contributed by atoms with Gasteiger partial charge in [-0.2, -0.15) is 0 Å². The number of halogens is 1. The van der Waals surface area contributed by atoms with Crippen LogP contribution in [0.25, 0.3) is 0 Å². The Morgan fingerprint density at radius 2 is 1.80 bits per heavy atom. The Hall–Kier alpha value is -3.38. The number of hydrogen-bond donors (Lipinski definition) is 0. The first-order chi connectivity index (χ1) is 14.5. The van der Waals surface area contributed by atoms with Crippen molar-refractivity contribution < 1.29 is 19.1 Å². The van der Waals surface area contributed by atoms with E-state index in [2.05, 4.69) is 4.98 Å². The molecular formula is C23H21ClN2O4. The van der Waals surface area contributed by atoms with Crippen LogP contribution in [0, 0.1) is 0 Å². The maximum absolute atomic E-state index is 13.3. The zero-order valence-electron chi connectivity index (χ0n) is 16.7. The van der Waals surface area contributed by atoms with Gasteiger partial charge in [-0.3, -0.25) is 9.78 Å². The first-order valence-corrected chi connectivity index (χ1v) is 9.72. The van der Waals surface area contributed by atoms with Gasteiger partial charge in [-0.15, -0.1) is 0 Å². The fourth-order valence-electron chi connectivity index (χ4n) is 2.90. The molecule has 1 amide bonds. The molecule has 0 aliphatic rings. The number of hydrogen-bond acceptors (Lipinski definition) is 5. The lowest BCUT2D eigenvalue weighted by Gasteiger charge is -2.23. The van der Waals surface area contributed by atoms with Gasteiger partial charge >= 0.3 is 5.97 Å². The Labute approximate surface area is 180 Å². The Balaban J connectivity index is 1.95. The number of amides is 1. The molecule has 7 heteroatoms. The number of pyridine rings is 1. The highest BCUT2D eigenvalue weighted by atomic mass is 35.5. The van der Waals surface area contributed by atoms with Gasteiger partial charge in [0.2, 0.25) is 0 Å². The molecule has 6 nitrogen and oxygen atoms in total. The standard InChI is InChI=1S/C23H21ClN2O4/c1-3-30-23(28)17-6-9-19(10-7-17)26(15-16-5-4-12-25-14-16)22(27)18-8-11-21(29-2)20(24)13-18/h4-14H,3,15H2,1-2H3. The highest BCUT2D eigenvalue weighted by Crippen LogP contribution is 2.27. The van der Waals surface area contributed by atoms with Crippen LogP contribution >= 0.6 is 11.6 Å². The molecule has 2 aromatic carbocycles. The van der Waals surface area contributed by atoms with E-state index in [1.54, 1.807) is 66.7 Å². The van der Waals surface area contributed by atoms with Crippen molar-refractivity contribution in [2.24, 2.45) is 0 Å². The van der Waals surface area contributed by atoms with Crippen molar-refractivity contribution in [2.75, 3.05) is 18.6 Å². The summed E-state index contributed by atoms with van der Waals surface area (Å²) in [4.78, 5) is 31.0. The van der Waals surface area contributed by atoms with Crippen molar-refractivity contribution in [3.05, 3.63) is 88.7 Å². The summed E-state index contributed by atoms with van der Waals surface area (Å²) in [5, 5.41) is 0.349. The molecule has 0 saturated carbocycles. The third-order valence-electron chi connectivity index (χ3n) is 4.40. The third-order valence-corrected chi connectivity index (χ3v) is 4.69. The number of nitrogens with zero attached hydrogens (tertiary/aromatic N) is 2. The van der Waals surface area contributed by atoms with E-state index in [-0.39, 0.29) is 5.91 Å². The van der Waals surface area contributed by atoms with Gasteiger partial charge in [0.05, 0.1) is 30.8 Å². The molecule has 3 rings (SSSR count). The van der Waals surface area contributed by atoms with E-state index in [1.807, 2.05) is 12.1 Å². The van der Waals surface area contributed by atoms with Crippen LogP contribution in [0.2, 0.25) is 5.02 Å². The first-order valence-electron chi connectivity index (χ1n) is 9.35. The number of ether oxygens (including phenoxy) is 2. The number of anilines is 1. The average molecular weight is 425 g/mol. The summed E-state index contributed by atoms with van der Waals surface area (Å²) in [7, 11) is 1.52. The van der Waals surface area contributed by atoms with Crippen molar-refractivity contribution in [3.8, 4) is 5.75 Å². The molecular weight excluding hydrogens is 404 g/mol. The predicted octanol–water partition coefficient (Wildman–Crippen LogP) is 4.77. The minimum Gasteiger partial charge on any atom is -0.495 e. The molecule has 1 heterocycles. The lowest BCUT2D eigenvalue weighted by atomic mass is 10.1. The summed E-state index contributed by atoms with van der Waals surface area (Å²) >= 11 is 6.21. The predicted molar refractivity (Wildman–Crippen MR) is 115 cm³/mol. The molecule has 3 aromatic rings. The molecule has 0 aliphatic heterocycles. The number of methoxy groups -OCH3 is 1. The molecule has 154 valence electrons. The van der Waals surface area contributed by atoms with Crippen LogP contribution in [-0.2, 0) is 11.3 Å². The summed E-state index contributed by atoms with van der Waals surface area (Å²) in [5.74, 6) is -0.158. The number of carbonyl (C=O) groups is 2. The lowest BCUT2D eigenvalue weighted by Crippen LogP contribution is -2.30. The molecule has 0 spiro atoms. The third kappa shape index (κ3) is 4.96. The van der Waals surface area contributed by atoms with Gasteiger partial charge in [-0.1, -0.05) is 17.7 Å². The van der Waals surface area contributed by atoms with Gasteiger partial charge in [0.15, 0.2) is 0 Å². The SMILES string of the molecule is CCOC(=O)c1ccc(N(Cc2cccnc2)C(=O)c2ccc(OC)c(Cl)c2)cc1. The molecule has 0 fully saturated rings. The highest BCUT2D eigenvalue weighted by Gasteiger charge is 2.20. The normalized spacial score (nSPS) is 10.4. The fraction of sp³-hybridized carbons (Fsp3) is 0.174.